The van der Waals surface area contributed by atoms with E-state index in [1.54, 1.807) is 11.8 Å². The summed E-state index contributed by atoms with van der Waals surface area (Å²) < 4.78 is 11.1. The molecule has 2 N–H and O–H groups in total. The van der Waals surface area contributed by atoms with Gasteiger partial charge in [0.15, 0.2) is 6.10 Å². The van der Waals surface area contributed by atoms with Gasteiger partial charge < -0.3 is 19.6 Å². The van der Waals surface area contributed by atoms with Gasteiger partial charge in [0.1, 0.15) is 12.2 Å². The first-order valence-corrected chi connectivity index (χ1v) is 9.44. The minimum Gasteiger partial charge on any atom is -0.371 e. The number of carbonyl (C=O) groups excluding carboxylic acids is 1. The molecule has 0 aliphatic carbocycles. The van der Waals surface area contributed by atoms with Crippen LogP contribution in [0.25, 0.3) is 0 Å². The van der Waals surface area contributed by atoms with Crippen molar-refractivity contribution in [3.05, 3.63) is 46.0 Å². The zero-order chi connectivity index (χ0) is 18.1. The van der Waals surface area contributed by atoms with E-state index in [0.29, 0.717) is 5.75 Å². The van der Waals surface area contributed by atoms with Crippen molar-refractivity contribution in [1.29, 1.82) is 0 Å². The Hall–Kier alpha value is -1.88. The van der Waals surface area contributed by atoms with Crippen LogP contribution in [0.4, 0.5) is 0 Å². The maximum atomic E-state index is 12.6. The Kier molecular flexibility index (Phi) is 4.98. The van der Waals surface area contributed by atoms with Crippen LogP contribution in [-0.4, -0.2) is 60.4 Å². The van der Waals surface area contributed by atoms with Crippen molar-refractivity contribution in [3.63, 3.8) is 0 Å². The summed E-state index contributed by atoms with van der Waals surface area (Å²) in [6.07, 6.45) is -1.71. The topological polar surface area (TPSA) is 112 Å². The normalized spacial score (nSPS) is 35.8. The molecule has 3 aliphatic heterocycles. The van der Waals surface area contributed by atoms with Gasteiger partial charge in [-0.25, -0.2) is 0 Å². The van der Waals surface area contributed by atoms with Gasteiger partial charge in [-0.1, -0.05) is 30.3 Å². The van der Waals surface area contributed by atoms with Crippen LogP contribution in [-0.2, 0) is 19.1 Å². The van der Waals surface area contributed by atoms with Crippen LogP contribution < -0.4 is 10.6 Å². The third-order valence-electron chi connectivity index (χ3n) is 4.76. The first kappa shape index (κ1) is 17.5. The average molecular weight is 381 g/mol. The number of hydrogen-bond donors (Lipinski definition) is 2. The quantitative estimate of drug-likeness (QED) is 0.551. The lowest BCUT2D eigenvalue weighted by atomic mass is 10.1. The molecule has 0 radical (unpaired) electrons. The van der Waals surface area contributed by atoms with E-state index in [-0.39, 0.29) is 36.6 Å². The second kappa shape index (κ2) is 7.39. The molecule has 0 aromatic heterocycles. The first-order chi connectivity index (χ1) is 12.6. The van der Waals surface area contributed by atoms with Crippen molar-refractivity contribution in [2.24, 2.45) is 0 Å². The minimum atomic E-state index is -0.838. The summed E-state index contributed by atoms with van der Waals surface area (Å²) in [7, 11) is 0. The molecular formula is C16H19N3O6S. The lowest BCUT2D eigenvalue weighted by molar-refractivity contribution is -0.769. The number of benzene rings is 1. The number of rotatable bonds is 5. The van der Waals surface area contributed by atoms with Crippen LogP contribution in [0.1, 0.15) is 10.9 Å². The van der Waals surface area contributed by atoms with Gasteiger partial charge in [0.05, 0.1) is 30.7 Å². The van der Waals surface area contributed by atoms with Crippen LogP contribution in [0.2, 0.25) is 0 Å². The van der Waals surface area contributed by atoms with Gasteiger partial charge >= 0.3 is 0 Å². The number of hydrogen-bond acceptors (Lipinski definition) is 8. The number of nitrogens with one attached hydrogen (secondary N) is 2. The van der Waals surface area contributed by atoms with Crippen LogP contribution in [0.15, 0.2) is 30.3 Å². The van der Waals surface area contributed by atoms with E-state index >= 15 is 0 Å². The molecular weight excluding hydrogens is 362 g/mol. The SMILES string of the molecule is O=C(N[C@H]1CO[C@H]2[C@@H]1OC[C@@H]2O[N+](=O)[O-])[C@@H]1CS[C@H](c2ccccc2)N1. The van der Waals surface area contributed by atoms with E-state index < -0.39 is 23.4 Å². The van der Waals surface area contributed by atoms with Gasteiger partial charge in [0, 0.05) is 5.75 Å². The van der Waals surface area contributed by atoms with E-state index in [1.807, 2.05) is 30.3 Å². The Bertz CT molecular complexity index is 677. The number of thioether (sulfide) groups is 1. The molecule has 0 spiro atoms. The Morgan fingerprint density at radius 1 is 1.27 bits per heavy atom. The van der Waals surface area contributed by atoms with Gasteiger partial charge in [-0.15, -0.1) is 21.9 Å². The summed E-state index contributed by atoms with van der Waals surface area (Å²) in [5, 5.41) is 16.0. The van der Waals surface area contributed by atoms with Crippen LogP contribution in [0.3, 0.4) is 0 Å². The van der Waals surface area contributed by atoms with E-state index in [2.05, 4.69) is 15.5 Å². The molecule has 4 rings (SSSR count). The van der Waals surface area contributed by atoms with Crippen molar-refractivity contribution in [3.8, 4) is 0 Å². The van der Waals surface area contributed by atoms with Gasteiger partial charge in [-0.05, 0) is 5.56 Å². The van der Waals surface area contributed by atoms with Crippen LogP contribution in [0.5, 0.6) is 0 Å². The highest BCUT2D eigenvalue weighted by Gasteiger charge is 2.50. The highest BCUT2D eigenvalue weighted by molar-refractivity contribution is 7.99. The van der Waals surface area contributed by atoms with Crippen molar-refractivity contribution < 1.29 is 24.2 Å². The molecule has 1 aromatic carbocycles. The molecule has 6 atom stereocenters. The molecule has 26 heavy (non-hydrogen) atoms. The lowest BCUT2D eigenvalue weighted by Crippen LogP contribution is -2.51. The third kappa shape index (κ3) is 3.50. The number of nitrogens with zero attached hydrogens (tertiary/aromatic N) is 1. The van der Waals surface area contributed by atoms with Gasteiger partial charge in [-0.2, -0.15) is 0 Å². The Morgan fingerprint density at radius 2 is 2.04 bits per heavy atom. The fourth-order valence-electron chi connectivity index (χ4n) is 3.52. The van der Waals surface area contributed by atoms with E-state index in [0.717, 1.165) is 5.56 Å². The van der Waals surface area contributed by atoms with Crippen LogP contribution >= 0.6 is 11.8 Å². The molecule has 3 aliphatic rings. The zero-order valence-electron chi connectivity index (χ0n) is 13.8. The maximum Gasteiger partial charge on any atom is 0.294 e. The summed E-state index contributed by atoms with van der Waals surface area (Å²) in [5.74, 6) is 0.550. The van der Waals surface area contributed by atoms with Gasteiger partial charge in [0.2, 0.25) is 5.91 Å². The highest BCUT2D eigenvalue weighted by atomic mass is 32.2. The first-order valence-electron chi connectivity index (χ1n) is 8.39. The van der Waals surface area contributed by atoms with Gasteiger partial charge in [0.25, 0.3) is 5.09 Å². The zero-order valence-corrected chi connectivity index (χ0v) is 14.6. The summed E-state index contributed by atoms with van der Waals surface area (Å²) in [6.45, 7) is 0.330. The second-order valence-electron chi connectivity index (χ2n) is 6.42. The Balaban J connectivity index is 1.31. The van der Waals surface area contributed by atoms with Crippen molar-refractivity contribution >= 4 is 17.7 Å². The third-order valence-corrected chi connectivity index (χ3v) is 6.03. The molecule has 0 bridgehead atoms. The molecule has 0 saturated carbocycles. The number of fused-ring (bicyclic) bond motifs is 1. The maximum absolute atomic E-state index is 12.6. The predicted octanol–water partition coefficient (Wildman–Crippen LogP) is 0.250. The molecule has 10 heteroatoms. The standard InChI is InChI=1S/C16H19N3O6S/c20-15(11-8-26-16(18-11)9-4-2-1-3-5-9)17-10-6-23-14-12(25-19(21)22)7-24-13(10)14/h1-5,10-14,16,18H,6-8H2,(H,17,20)/t10-,11-,12-,13+,14+,16+/m0/s1. The lowest BCUT2D eigenvalue weighted by Gasteiger charge is -2.20. The Morgan fingerprint density at radius 3 is 2.81 bits per heavy atom. The number of ether oxygens (including phenoxy) is 2. The van der Waals surface area contributed by atoms with E-state index in [4.69, 9.17) is 9.47 Å². The largest absolute Gasteiger partial charge is 0.371 e. The predicted molar refractivity (Wildman–Crippen MR) is 91.8 cm³/mol. The molecule has 3 saturated heterocycles. The van der Waals surface area contributed by atoms with Crippen molar-refractivity contribution in [2.75, 3.05) is 19.0 Å². The summed E-state index contributed by atoms with van der Waals surface area (Å²) in [4.78, 5) is 27.7. The summed E-state index contributed by atoms with van der Waals surface area (Å²) in [6, 6.07) is 9.32. The fraction of sp³-hybridized carbons (Fsp3) is 0.562. The Labute approximate surface area is 153 Å². The summed E-state index contributed by atoms with van der Waals surface area (Å²) >= 11 is 1.69. The molecule has 1 amide bonds. The molecule has 3 fully saturated rings. The highest BCUT2D eigenvalue weighted by Crippen LogP contribution is 2.33. The van der Waals surface area contributed by atoms with Crippen molar-refractivity contribution in [2.45, 2.75) is 35.8 Å². The van der Waals surface area contributed by atoms with Crippen LogP contribution in [0, 0.1) is 10.1 Å². The van der Waals surface area contributed by atoms with Gasteiger partial charge in [-0.3, -0.25) is 10.1 Å². The molecule has 3 heterocycles. The molecule has 140 valence electrons. The monoisotopic (exact) mass is 381 g/mol. The fourth-order valence-corrected chi connectivity index (χ4v) is 4.76. The molecule has 1 aromatic rings. The van der Waals surface area contributed by atoms with Crippen molar-refractivity contribution in [1.82, 2.24) is 10.6 Å². The van der Waals surface area contributed by atoms with E-state index in [9.17, 15) is 14.9 Å². The smallest absolute Gasteiger partial charge is 0.294 e. The second-order valence-corrected chi connectivity index (χ2v) is 7.56. The molecule has 9 nitrogen and oxygen atoms in total. The minimum absolute atomic E-state index is 0.0797. The summed E-state index contributed by atoms with van der Waals surface area (Å²) in [5.41, 5.74) is 1.14. The average Bonchev–Trinajstić information content (AvgIpc) is 3.34. The van der Waals surface area contributed by atoms with E-state index in [1.165, 1.54) is 0 Å². The molecule has 0 unspecified atom stereocenters. The number of amides is 1. The number of carbonyl (C=O) groups is 1.